The molecule has 1 aliphatic rings. The van der Waals surface area contributed by atoms with Gasteiger partial charge in [-0.25, -0.2) is 0 Å². The van der Waals surface area contributed by atoms with E-state index in [1.807, 2.05) is 0 Å². The Morgan fingerprint density at radius 3 is 2.52 bits per heavy atom. The van der Waals surface area contributed by atoms with Gasteiger partial charge in [-0.2, -0.15) is 0 Å². The molecule has 1 aliphatic carbocycles. The summed E-state index contributed by atoms with van der Waals surface area (Å²) in [5, 5.41) is 3.75. The summed E-state index contributed by atoms with van der Waals surface area (Å²) in [5.74, 6) is 0.0475. The molecule has 2 rings (SSSR count). The summed E-state index contributed by atoms with van der Waals surface area (Å²) < 4.78 is 0. The highest BCUT2D eigenvalue weighted by Crippen LogP contribution is 2.27. The molecule has 1 fully saturated rings. The van der Waals surface area contributed by atoms with Crippen molar-refractivity contribution in [1.82, 2.24) is 5.32 Å². The molecule has 21 heavy (non-hydrogen) atoms. The summed E-state index contributed by atoms with van der Waals surface area (Å²) >= 11 is 17.0. The van der Waals surface area contributed by atoms with Gasteiger partial charge in [0.25, 0.3) is 5.91 Å². The molecule has 0 aromatic heterocycles. The maximum Gasteiger partial charge on any atom is 0.253 e. The van der Waals surface area contributed by atoms with Crippen LogP contribution < -0.4 is 11.1 Å². The highest BCUT2D eigenvalue weighted by atomic mass is 35.5. The molecule has 1 aromatic carbocycles. The van der Waals surface area contributed by atoms with Gasteiger partial charge in [-0.1, -0.05) is 54.7 Å². The summed E-state index contributed by atoms with van der Waals surface area (Å²) in [6.45, 7) is 0. The number of halogens is 2. The molecule has 1 unspecified atom stereocenters. The molecule has 0 spiro atoms. The predicted octanol–water partition coefficient (Wildman–Crippen LogP) is 3.96. The van der Waals surface area contributed by atoms with Crippen molar-refractivity contribution >= 4 is 46.3 Å². The number of carbonyl (C=O) groups excluding carboxylic acids is 1. The molecule has 0 bridgehead atoms. The average molecular weight is 345 g/mol. The lowest BCUT2D eigenvalue weighted by molar-refractivity contribution is 0.0932. The Balaban J connectivity index is 2.12. The predicted molar refractivity (Wildman–Crippen MR) is 91.1 cm³/mol. The lowest BCUT2D eigenvalue weighted by Crippen LogP contribution is -2.48. The number of amides is 1. The van der Waals surface area contributed by atoms with E-state index in [4.69, 9.17) is 41.2 Å². The molecule has 6 heteroatoms. The first-order valence-electron chi connectivity index (χ1n) is 7.04. The maximum atomic E-state index is 12.4. The Morgan fingerprint density at radius 2 is 1.95 bits per heavy atom. The molecule has 1 amide bonds. The number of hydrogen-bond donors (Lipinski definition) is 2. The summed E-state index contributed by atoms with van der Waals surface area (Å²) in [7, 11) is 0. The fourth-order valence-corrected chi connectivity index (χ4v) is 3.53. The van der Waals surface area contributed by atoms with E-state index in [1.165, 1.54) is 6.42 Å². The first kappa shape index (κ1) is 16.5. The number of thiocarbonyl (C=S) groups is 1. The molecule has 3 nitrogen and oxygen atoms in total. The van der Waals surface area contributed by atoms with Gasteiger partial charge in [-0.05, 0) is 37.0 Å². The van der Waals surface area contributed by atoms with Crippen molar-refractivity contribution in [1.29, 1.82) is 0 Å². The number of nitrogens with two attached hydrogens (primary N) is 1. The number of nitrogens with one attached hydrogen (secondary N) is 1. The van der Waals surface area contributed by atoms with Crippen LogP contribution in [0, 0.1) is 5.92 Å². The molecule has 1 atom stereocenters. The Morgan fingerprint density at radius 1 is 1.29 bits per heavy atom. The number of rotatable bonds is 4. The third-order valence-electron chi connectivity index (χ3n) is 3.89. The van der Waals surface area contributed by atoms with Crippen molar-refractivity contribution in [3.8, 4) is 0 Å². The van der Waals surface area contributed by atoms with E-state index < -0.39 is 0 Å². The number of benzene rings is 1. The van der Waals surface area contributed by atoms with Gasteiger partial charge in [0, 0.05) is 5.02 Å². The van der Waals surface area contributed by atoms with Gasteiger partial charge in [-0.3, -0.25) is 4.79 Å². The molecule has 3 N–H and O–H groups in total. The van der Waals surface area contributed by atoms with Crippen molar-refractivity contribution in [2.45, 2.75) is 38.1 Å². The van der Waals surface area contributed by atoms with Crippen molar-refractivity contribution in [3.05, 3.63) is 33.8 Å². The molecule has 114 valence electrons. The Kier molecular flexibility index (Phi) is 5.85. The molecule has 0 radical (unpaired) electrons. The van der Waals surface area contributed by atoms with Gasteiger partial charge < -0.3 is 11.1 Å². The lowest BCUT2D eigenvalue weighted by atomic mass is 9.83. The van der Waals surface area contributed by atoms with Gasteiger partial charge >= 0.3 is 0 Å². The van der Waals surface area contributed by atoms with Crippen LogP contribution in [0.5, 0.6) is 0 Å². The molecule has 1 saturated carbocycles. The minimum atomic E-state index is -0.278. The number of hydrogen-bond acceptors (Lipinski definition) is 2. The first-order chi connectivity index (χ1) is 9.99. The Bertz CT molecular complexity index is 544. The Labute approximate surface area is 140 Å². The van der Waals surface area contributed by atoms with Gasteiger partial charge in [0.2, 0.25) is 0 Å². The summed E-state index contributed by atoms with van der Waals surface area (Å²) in [6.07, 6.45) is 5.62. The zero-order valence-electron chi connectivity index (χ0n) is 11.6. The van der Waals surface area contributed by atoms with Gasteiger partial charge in [-0.15, -0.1) is 0 Å². The standard InChI is InChI=1S/C15H18Cl2N2OS/c16-10-6-7-11(12(17)8-10)15(20)19-13(14(18)21)9-4-2-1-3-5-9/h6-9,13H,1-5H2,(H2,18,21)(H,19,20). The second kappa shape index (κ2) is 7.43. The van der Waals surface area contributed by atoms with E-state index in [9.17, 15) is 4.79 Å². The summed E-state index contributed by atoms with van der Waals surface area (Å²) in [5.41, 5.74) is 6.21. The topological polar surface area (TPSA) is 55.1 Å². The highest BCUT2D eigenvalue weighted by molar-refractivity contribution is 7.80. The normalized spacial score (nSPS) is 17.2. The molecular formula is C15H18Cl2N2OS. The molecule has 0 saturated heterocycles. The zero-order chi connectivity index (χ0) is 15.4. The largest absolute Gasteiger partial charge is 0.392 e. The van der Waals surface area contributed by atoms with E-state index in [0.717, 1.165) is 25.7 Å². The third-order valence-corrected chi connectivity index (χ3v) is 4.69. The Hall–Kier alpha value is -0.840. The second-order valence-corrected chi connectivity index (χ2v) is 6.69. The quantitative estimate of drug-likeness (QED) is 0.812. The van der Waals surface area contributed by atoms with Crippen LogP contribution in [0.4, 0.5) is 0 Å². The highest BCUT2D eigenvalue weighted by Gasteiger charge is 2.28. The van der Waals surface area contributed by atoms with Crippen LogP contribution in [-0.4, -0.2) is 16.9 Å². The minimum Gasteiger partial charge on any atom is -0.392 e. The van der Waals surface area contributed by atoms with Crippen LogP contribution in [-0.2, 0) is 0 Å². The van der Waals surface area contributed by atoms with Crippen LogP contribution in [0.2, 0.25) is 10.0 Å². The van der Waals surface area contributed by atoms with Crippen molar-refractivity contribution in [3.63, 3.8) is 0 Å². The number of carbonyl (C=O) groups is 1. The van der Waals surface area contributed by atoms with E-state index in [1.54, 1.807) is 18.2 Å². The van der Waals surface area contributed by atoms with Gasteiger partial charge in [0.1, 0.15) is 0 Å². The molecule has 1 aromatic rings. The SMILES string of the molecule is NC(=S)C(NC(=O)c1ccc(Cl)cc1Cl)C1CCCCC1. The van der Waals surface area contributed by atoms with E-state index in [2.05, 4.69) is 5.32 Å². The second-order valence-electron chi connectivity index (χ2n) is 5.38. The fraction of sp³-hybridized carbons (Fsp3) is 0.467. The van der Waals surface area contributed by atoms with Crippen molar-refractivity contribution < 1.29 is 4.79 Å². The van der Waals surface area contributed by atoms with Gasteiger partial charge in [0.05, 0.1) is 21.6 Å². The lowest BCUT2D eigenvalue weighted by Gasteiger charge is -2.30. The zero-order valence-corrected chi connectivity index (χ0v) is 13.9. The van der Waals surface area contributed by atoms with Crippen LogP contribution in [0.1, 0.15) is 42.5 Å². The van der Waals surface area contributed by atoms with Crippen LogP contribution >= 0.6 is 35.4 Å². The van der Waals surface area contributed by atoms with Crippen molar-refractivity contribution in [2.24, 2.45) is 11.7 Å². The maximum absolute atomic E-state index is 12.4. The average Bonchev–Trinajstić information content (AvgIpc) is 2.45. The minimum absolute atomic E-state index is 0.264. The molecule has 0 heterocycles. The molecular weight excluding hydrogens is 327 g/mol. The van der Waals surface area contributed by atoms with E-state index >= 15 is 0 Å². The van der Waals surface area contributed by atoms with Crippen LogP contribution in [0.25, 0.3) is 0 Å². The van der Waals surface area contributed by atoms with Gasteiger partial charge in [0.15, 0.2) is 0 Å². The monoisotopic (exact) mass is 344 g/mol. The summed E-state index contributed by atoms with van der Waals surface area (Å²) in [6, 6.07) is 4.52. The molecule has 0 aliphatic heterocycles. The third kappa shape index (κ3) is 4.31. The smallest absolute Gasteiger partial charge is 0.253 e. The first-order valence-corrected chi connectivity index (χ1v) is 8.20. The summed E-state index contributed by atoms with van der Waals surface area (Å²) in [4.78, 5) is 12.7. The van der Waals surface area contributed by atoms with E-state index in [0.29, 0.717) is 26.5 Å². The van der Waals surface area contributed by atoms with Crippen molar-refractivity contribution in [2.75, 3.05) is 0 Å². The fourth-order valence-electron chi connectivity index (χ4n) is 2.78. The van der Waals surface area contributed by atoms with Crippen LogP contribution in [0.3, 0.4) is 0 Å². The van der Waals surface area contributed by atoms with E-state index in [-0.39, 0.29) is 11.9 Å². The van der Waals surface area contributed by atoms with Crippen LogP contribution in [0.15, 0.2) is 18.2 Å².